The van der Waals surface area contributed by atoms with E-state index in [1.54, 1.807) is 0 Å². The van der Waals surface area contributed by atoms with Crippen molar-refractivity contribution in [1.82, 2.24) is 0 Å². The Morgan fingerprint density at radius 3 is 1.73 bits per heavy atom. The van der Waals surface area contributed by atoms with Gasteiger partial charge in [-0.3, -0.25) is 0 Å². The predicted molar refractivity (Wildman–Crippen MR) is 271 cm³/mol. The van der Waals surface area contributed by atoms with E-state index in [2.05, 4.69) is 212 Å². The molecule has 2 aliphatic heterocycles. The minimum absolute atomic E-state index is 0.500. The van der Waals surface area contributed by atoms with E-state index < -0.39 is 5.41 Å². The highest BCUT2D eigenvalue weighted by atomic mass is 16.5. The van der Waals surface area contributed by atoms with Gasteiger partial charge in [0.15, 0.2) is 17.2 Å². The number of aryl methyl sites for hydroxylation is 1. The molecule has 1 spiro atoms. The van der Waals surface area contributed by atoms with Crippen LogP contribution in [0.15, 0.2) is 205 Å². The van der Waals surface area contributed by atoms with Crippen LogP contribution in [0, 0.1) is 0 Å². The van der Waals surface area contributed by atoms with Gasteiger partial charge >= 0.3 is 0 Å². The van der Waals surface area contributed by atoms with Crippen LogP contribution in [0.3, 0.4) is 0 Å². The summed E-state index contributed by atoms with van der Waals surface area (Å²) in [5, 5.41) is 0. The summed E-state index contributed by atoms with van der Waals surface area (Å²) in [5.74, 6) is 3.52. The first-order chi connectivity index (χ1) is 32.6. The van der Waals surface area contributed by atoms with Gasteiger partial charge < -0.3 is 19.3 Å². The Hall–Kier alpha value is -8.08. The van der Waals surface area contributed by atoms with Crippen molar-refractivity contribution < 1.29 is 9.47 Å². The lowest BCUT2D eigenvalue weighted by molar-refractivity contribution is 0.412. The summed E-state index contributed by atoms with van der Waals surface area (Å²) >= 11 is 0. The molecule has 0 bridgehead atoms. The molecule has 0 radical (unpaired) electrons. The second-order valence-corrected chi connectivity index (χ2v) is 17.8. The van der Waals surface area contributed by atoms with Crippen molar-refractivity contribution in [2.24, 2.45) is 0 Å². The van der Waals surface area contributed by atoms with Crippen molar-refractivity contribution in [3.63, 3.8) is 0 Å². The van der Waals surface area contributed by atoms with E-state index in [1.165, 1.54) is 72.5 Å². The van der Waals surface area contributed by atoms with Crippen molar-refractivity contribution in [2.45, 2.75) is 38.5 Å². The predicted octanol–water partition coefficient (Wildman–Crippen LogP) is 16.2. The van der Waals surface area contributed by atoms with Crippen molar-refractivity contribution in [2.75, 3.05) is 9.80 Å². The molecule has 13 rings (SSSR count). The highest BCUT2D eigenvalue weighted by molar-refractivity contribution is 5.97. The van der Waals surface area contributed by atoms with Crippen LogP contribution < -0.4 is 19.3 Å². The minimum Gasteiger partial charge on any atom is -0.458 e. The zero-order valence-corrected chi connectivity index (χ0v) is 37.0. The van der Waals surface area contributed by atoms with Crippen LogP contribution in [0.25, 0.3) is 40.5 Å². The number of hydrogen-bond donors (Lipinski definition) is 0. The lowest BCUT2D eigenvalue weighted by atomic mass is 9.70. The summed E-state index contributed by atoms with van der Waals surface area (Å²) in [6.45, 7) is 4.24. The molecule has 8 aromatic carbocycles. The third-order valence-electron chi connectivity index (χ3n) is 14.2. The van der Waals surface area contributed by atoms with Gasteiger partial charge in [0.05, 0.1) is 28.2 Å². The Morgan fingerprint density at radius 1 is 0.500 bits per heavy atom. The highest BCUT2D eigenvalue weighted by Gasteiger charge is 2.52. The quantitative estimate of drug-likeness (QED) is 0.156. The van der Waals surface area contributed by atoms with Gasteiger partial charge in [0.2, 0.25) is 0 Å². The van der Waals surface area contributed by atoms with E-state index >= 15 is 0 Å². The van der Waals surface area contributed by atoms with E-state index in [0.29, 0.717) is 0 Å². The molecule has 0 aromatic heterocycles. The molecule has 4 heteroatoms. The minimum atomic E-state index is -0.500. The number of anilines is 4. The first-order valence-electron chi connectivity index (χ1n) is 23.2. The van der Waals surface area contributed by atoms with E-state index in [4.69, 9.17) is 9.47 Å². The molecule has 0 saturated carbocycles. The average Bonchev–Trinajstić information content (AvgIpc) is 3.83. The maximum atomic E-state index is 6.45. The second-order valence-electron chi connectivity index (χ2n) is 17.8. The molecule has 316 valence electrons. The largest absolute Gasteiger partial charge is 0.458 e. The van der Waals surface area contributed by atoms with Crippen LogP contribution in [0.2, 0.25) is 0 Å². The van der Waals surface area contributed by atoms with Gasteiger partial charge in [-0.1, -0.05) is 146 Å². The number of ether oxygens (including phenoxy) is 2. The number of hydrogen-bond acceptors (Lipinski definition) is 4. The number of para-hydroxylation sites is 6. The van der Waals surface area contributed by atoms with Crippen LogP contribution in [0.4, 0.5) is 22.7 Å². The fraction of sp³-hybridized carbons (Fsp3) is 0.0968. The topological polar surface area (TPSA) is 24.9 Å². The number of fused-ring (bicyclic) bond motifs is 14. The summed E-state index contributed by atoms with van der Waals surface area (Å²) in [7, 11) is 0. The number of benzene rings is 8. The van der Waals surface area contributed by atoms with Crippen LogP contribution in [0.5, 0.6) is 17.2 Å². The van der Waals surface area contributed by atoms with Crippen LogP contribution >= 0.6 is 0 Å². The summed E-state index contributed by atoms with van der Waals surface area (Å²) in [6.07, 6.45) is 14.3. The molecule has 5 aliphatic rings. The molecule has 0 N–H and O–H groups in total. The first-order valence-corrected chi connectivity index (χ1v) is 23.2. The molecule has 4 nitrogen and oxygen atoms in total. The first kappa shape index (κ1) is 38.4. The van der Waals surface area contributed by atoms with Crippen LogP contribution in [-0.2, 0) is 11.8 Å². The summed E-state index contributed by atoms with van der Waals surface area (Å²) in [6, 6.07) is 64.3. The van der Waals surface area contributed by atoms with Gasteiger partial charge in [-0.15, -0.1) is 0 Å². The number of nitrogens with zero attached hydrogens (tertiary/aromatic N) is 2. The van der Waals surface area contributed by atoms with E-state index in [-0.39, 0.29) is 0 Å². The molecule has 0 amide bonds. The molecular formula is C62H46N2O2. The Balaban J connectivity index is 0.895. The molecule has 3 aliphatic carbocycles. The van der Waals surface area contributed by atoms with Crippen LogP contribution in [-0.4, -0.2) is 0 Å². The highest BCUT2D eigenvalue weighted by Crippen LogP contribution is 2.64. The molecule has 0 fully saturated rings. The maximum Gasteiger partial charge on any atom is 0.151 e. The van der Waals surface area contributed by atoms with Gasteiger partial charge in [0.1, 0.15) is 5.76 Å². The van der Waals surface area contributed by atoms with Crippen molar-refractivity contribution in [1.29, 1.82) is 0 Å². The van der Waals surface area contributed by atoms with E-state index in [1.807, 2.05) is 18.2 Å². The summed E-state index contributed by atoms with van der Waals surface area (Å²) in [5.41, 5.74) is 21.6. The third-order valence-corrected chi connectivity index (χ3v) is 14.2. The zero-order chi connectivity index (χ0) is 43.9. The van der Waals surface area contributed by atoms with E-state index in [0.717, 1.165) is 70.7 Å². The Kier molecular flexibility index (Phi) is 8.73. The summed E-state index contributed by atoms with van der Waals surface area (Å²) in [4.78, 5) is 4.77. The van der Waals surface area contributed by atoms with Crippen molar-refractivity contribution >= 4 is 41.0 Å². The Bertz CT molecular complexity index is 3370. The average molecular weight is 851 g/mol. The van der Waals surface area contributed by atoms with E-state index in [9.17, 15) is 0 Å². The molecule has 8 aromatic rings. The molecule has 66 heavy (non-hydrogen) atoms. The third kappa shape index (κ3) is 5.71. The number of allylic oxidation sites excluding steroid dienone is 4. The van der Waals surface area contributed by atoms with Crippen molar-refractivity contribution in [3.05, 3.63) is 250 Å². The lowest BCUT2D eigenvalue weighted by Gasteiger charge is -2.36. The molecule has 0 atom stereocenters. The molecular weight excluding hydrogens is 805 g/mol. The fourth-order valence-electron chi connectivity index (χ4n) is 11.3. The van der Waals surface area contributed by atoms with Gasteiger partial charge in [-0.2, -0.15) is 0 Å². The fourth-order valence-corrected chi connectivity index (χ4v) is 11.3. The normalized spacial score (nSPS) is 15.6. The van der Waals surface area contributed by atoms with Crippen molar-refractivity contribution in [3.8, 4) is 39.5 Å². The number of rotatable bonds is 6. The molecule has 2 heterocycles. The maximum absolute atomic E-state index is 6.45. The Labute approximate surface area is 386 Å². The van der Waals surface area contributed by atoms with Gasteiger partial charge in [-0.05, 0) is 160 Å². The van der Waals surface area contributed by atoms with Gasteiger partial charge in [0, 0.05) is 11.4 Å². The monoisotopic (exact) mass is 850 g/mol. The van der Waals surface area contributed by atoms with Gasteiger partial charge in [-0.25, -0.2) is 0 Å². The summed E-state index contributed by atoms with van der Waals surface area (Å²) < 4.78 is 12.8. The molecule has 0 unspecified atom stereocenters. The molecule has 0 saturated heterocycles. The van der Waals surface area contributed by atoms with Gasteiger partial charge in [0.25, 0.3) is 0 Å². The SMILES string of the molecule is CC/C=C\C1=C(C)Oc2ccccc2N1C1=Cc2ccc(/C=C/c3ccc4c(c3)C3(c5ccccc5-c5ccccc53)c3cc(N5c6ccccc6Oc6ccccc65)ccc3-4)cc2CC1. The smallest absolute Gasteiger partial charge is 0.151 e. The zero-order valence-electron chi connectivity index (χ0n) is 37.0. The Morgan fingerprint density at radius 2 is 1.05 bits per heavy atom. The lowest BCUT2D eigenvalue weighted by Crippen LogP contribution is -2.28. The second kappa shape index (κ2) is 15.0. The van der Waals surface area contributed by atoms with Crippen LogP contribution in [0.1, 0.15) is 71.2 Å². The standard InChI is InChI=1S/C62H46N2O2/c1-3-4-19-55-40(2)65-59-23-12-9-20-56(59)63(55)45-32-31-43-36-41(28-30-44(43)38-45)26-27-42-29-34-49-50-35-33-46(64-57-21-10-13-24-60(57)66-61-25-14-11-22-58(61)64)39-54(50)62(53(49)37-42)51-17-7-5-15-47(51)48-16-6-8-18-52(48)62/h4-30,33-39H,3,31-32H2,1-2H3/b19-4-,27-26+.